The summed E-state index contributed by atoms with van der Waals surface area (Å²) >= 11 is 0. The van der Waals surface area contributed by atoms with Crippen molar-refractivity contribution in [3.05, 3.63) is 78.4 Å². The van der Waals surface area contributed by atoms with E-state index in [-0.39, 0.29) is 5.75 Å². The highest BCUT2D eigenvalue weighted by molar-refractivity contribution is 7.91. The highest BCUT2D eigenvalue weighted by atomic mass is 32.2. The Morgan fingerprint density at radius 3 is 2.35 bits per heavy atom. The van der Waals surface area contributed by atoms with E-state index in [1.54, 1.807) is 35.3 Å². The van der Waals surface area contributed by atoms with Crippen LogP contribution in [-0.2, 0) is 9.84 Å². The molecule has 0 aliphatic carbocycles. The first-order valence-electron chi connectivity index (χ1n) is 7.25. The minimum absolute atomic E-state index is 0.0660. The monoisotopic (exact) mass is 327 g/mol. The summed E-state index contributed by atoms with van der Waals surface area (Å²) in [4.78, 5) is 4.26. The minimum atomic E-state index is -3.44. The number of aromatic nitrogens is 3. The van der Waals surface area contributed by atoms with Crippen LogP contribution in [0.2, 0.25) is 0 Å². The molecule has 1 unspecified atom stereocenters. The summed E-state index contributed by atoms with van der Waals surface area (Å²) in [6, 6.07) is 16.0. The molecule has 6 heteroatoms. The Kier molecular flexibility index (Phi) is 4.25. The Bertz CT molecular complexity index is 858. The summed E-state index contributed by atoms with van der Waals surface area (Å²) in [6.45, 7) is 1.93. The molecule has 2 aromatic carbocycles. The third kappa shape index (κ3) is 3.48. The normalized spacial score (nSPS) is 12.9. The second kappa shape index (κ2) is 6.34. The zero-order chi connectivity index (χ0) is 16.3. The van der Waals surface area contributed by atoms with Crippen LogP contribution in [0.3, 0.4) is 0 Å². The molecule has 23 heavy (non-hydrogen) atoms. The lowest BCUT2D eigenvalue weighted by molar-refractivity contribution is 0.540. The number of nitrogens with zero attached hydrogens (tertiary/aromatic N) is 3. The SMILES string of the molecule is Cc1ccc(S(=O)(=O)CC(c2ccccc2)n2cncn2)cc1. The Labute approximate surface area is 135 Å². The van der Waals surface area contributed by atoms with Gasteiger partial charge in [-0.3, -0.25) is 0 Å². The summed E-state index contributed by atoms with van der Waals surface area (Å²) in [7, 11) is -3.44. The third-order valence-electron chi connectivity index (χ3n) is 3.70. The van der Waals surface area contributed by atoms with Crippen molar-refractivity contribution < 1.29 is 8.42 Å². The molecule has 1 heterocycles. The van der Waals surface area contributed by atoms with Gasteiger partial charge in [0.15, 0.2) is 9.84 Å². The first kappa shape index (κ1) is 15.4. The molecule has 5 nitrogen and oxygen atoms in total. The third-order valence-corrected chi connectivity index (χ3v) is 5.44. The smallest absolute Gasteiger partial charge is 0.180 e. The molecular formula is C17H17N3O2S. The van der Waals surface area contributed by atoms with Crippen LogP contribution in [-0.4, -0.2) is 28.9 Å². The maximum atomic E-state index is 12.8. The molecule has 0 radical (unpaired) electrons. The van der Waals surface area contributed by atoms with Gasteiger partial charge in [0.25, 0.3) is 0 Å². The zero-order valence-corrected chi connectivity index (χ0v) is 13.5. The first-order chi connectivity index (χ1) is 11.1. The number of aryl methyl sites for hydroxylation is 1. The summed E-state index contributed by atoms with van der Waals surface area (Å²) in [5, 5.41) is 4.13. The number of rotatable bonds is 5. The van der Waals surface area contributed by atoms with E-state index in [0.717, 1.165) is 11.1 Å². The molecule has 0 spiro atoms. The van der Waals surface area contributed by atoms with Crippen LogP contribution < -0.4 is 0 Å². The molecule has 0 bridgehead atoms. The lowest BCUT2D eigenvalue weighted by atomic mass is 10.1. The zero-order valence-electron chi connectivity index (χ0n) is 12.7. The van der Waals surface area contributed by atoms with Crippen LogP contribution in [0, 0.1) is 6.92 Å². The van der Waals surface area contributed by atoms with Gasteiger partial charge in [-0.2, -0.15) is 5.10 Å². The van der Waals surface area contributed by atoms with Crippen LogP contribution >= 0.6 is 0 Å². The average Bonchev–Trinajstić information content (AvgIpc) is 3.08. The van der Waals surface area contributed by atoms with E-state index in [1.165, 1.54) is 6.33 Å². The lowest BCUT2D eigenvalue weighted by Gasteiger charge is -2.18. The fraction of sp³-hybridized carbons (Fsp3) is 0.176. The summed E-state index contributed by atoms with van der Waals surface area (Å²) in [5.74, 6) is -0.0660. The van der Waals surface area contributed by atoms with Crippen molar-refractivity contribution in [3.63, 3.8) is 0 Å². The highest BCUT2D eigenvalue weighted by Gasteiger charge is 2.24. The molecular weight excluding hydrogens is 310 g/mol. The predicted octanol–water partition coefficient (Wildman–Crippen LogP) is 2.65. The van der Waals surface area contributed by atoms with Crippen LogP contribution in [0.15, 0.2) is 72.1 Å². The molecule has 0 fully saturated rings. The Morgan fingerprint density at radius 2 is 1.74 bits per heavy atom. The average molecular weight is 327 g/mol. The second-order valence-electron chi connectivity index (χ2n) is 5.40. The molecule has 0 saturated heterocycles. The van der Waals surface area contributed by atoms with Crippen molar-refractivity contribution in [1.29, 1.82) is 0 Å². The largest absolute Gasteiger partial charge is 0.244 e. The standard InChI is InChI=1S/C17H17N3O2S/c1-14-7-9-16(10-8-14)23(21,22)11-17(20-13-18-12-19-20)15-5-3-2-4-6-15/h2-10,12-13,17H,11H2,1H3. The quantitative estimate of drug-likeness (QED) is 0.722. The Hall–Kier alpha value is -2.47. The topological polar surface area (TPSA) is 64.8 Å². The van der Waals surface area contributed by atoms with Crippen molar-refractivity contribution in [2.45, 2.75) is 17.9 Å². The molecule has 0 amide bonds. The van der Waals surface area contributed by atoms with Gasteiger partial charge >= 0.3 is 0 Å². The van der Waals surface area contributed by atoms with Crippen molar-refractivity contribution in [1.82, 2.24) is 14.8 Å². The van der Waals surface area contributed by atoms with Crippen molar-refractivity contribution in [3.8, 4) is 0 Å². The van der Waals surface area contributed by atoms with E-state index < -0.39 is 15.9 Å². The van der Waals surface area contributed by atoms with E-state index in [0.29, 0.717) is 4.90 Å². The number of hydrogen-bond acceptors (Lipinski definition) is 4. The first-order valence-corrected chi connectivity index (χ1v) is 8.90. The number of sulfone groups is 1. The van der Waals surface area contributed by atoms with Gasteiger partial charge in [0.05, 0.1) is 16.7 Å². The van der Waals surface area contributed by atoms with Crippen LogP contribution in [0.4, 0.5) is 0 Å². The Balaban J connectivity index is 1.97. The van der Waals surface area contributed by atoms with Crippen molar-refractivity contribution in [2.24, 2.45) is 0 Å². The molecule has 1 atom stereocenters. The van der Waals surface area contributed by atoms with Gasteiger partial charge in [0, 0.05) is 0 Å². The molecule has 0 N–H and O–H groups in total. The van der Waals surface area contributed by atoms with Gasteiger partial charge in [0.2, 0.25) is 0 Å². The molecule has 3 aromatic rings. The fourth-order valence-corrected chi connectivity index (χ4v) is 3.93. The predicted molar refractivity (Wildman–Crippen MR) is 87.8 cm³/mol. The summed E-state index contributed by atoms with van der Waals surface area (Å²) in [5.41, 5.74) is 1.91. The fourth-order valence-electron chi connectivity index (χ4n) is 2.43. The maximum absolute atomic E-state index is 12.8. The molecule has 1 aromatic heterocycles. The van der Waals surface area contributed by atoms with E-state index in [9.17, 15) is 8.42 Å². The van der Waals surface area contributed by atoms with Gasteiger partial charge in [-0.25, -0.2) is 18.1 Å². The molecule has 118 valence electrons. The maximum Gasteiger partial charge on any atom is 0.180 e. The summed E-state index contributed by atoms with van der Waals surface area (Å²) in [6.07, 6.45) is 2.96. The van der Waals surface area contributed by atoms with E-state index in [4.69, 9.17) is 0 Å². The number of hydrogen-bond donors (Lipinski definition) is 0. The van der Waals surface area contributed by atoms with Gasteiger partial charge in [0.1, 0.15) is 12.7 Å². The molecule has 0 aliphatic heterocycles. The second-order valence-corrected chi connectivity index (χ2v) is 7.43. The number of benzene rings is 2. The van der Waals surface area contributed by atoms with Crippen LogP contribution in [0.25, 0.3) is 0 Å². The van der Waals surface area contributed by atoms with E-state index >= 15 is 0 Å². The van der Waals surface area contributed by atoms with E-state index in [2.05, 4.69) is 10.1 Å². The van der Waals surface area contributed by atoms with Gasteiger partial charge < -0.3 is 0 Å². The summed E-state index contributed by atoms with van der Waals surface area (Å²) < 4.78 is 27.1. The molecule has 0 saturated carbocycles. The van der Waals surface area contributed by atoms with Crippen LogP contribution in [0.5, 0.6) is 0 Å². The van der Waals surface area contributed by atoms with Gasteiger partial charge in [-0.1, -0.05) is 48.0 Å². The molecule has 3 rings (SSSR count). The van der Waals surface area contributed by atoms with Crippen molar-refractivity contribution in [2.75, 3.05) is 5.75 Å². The van der Waals surface area contributed by atoms with Crippen molar-refractivity contribution >= 4 is 9.84 Å². The lowest BCUT2D eigenvalue weighted by Crippen LogP contribution is -2.22. The van der Waals surface area contributed by atoms with Gasteiger partial charge in [-0.05, 0) is 24.6 Å². The minimum Gasteiger partial charge on any atom is -0.244 e. The van der Waals surface area contributed by atoms with Gasteiger partial charge in [-0.15, -0.1) is 0 Å². The highest BCUT2D eigenvalue weighted by Crippen LogP contribution is 2.23. The van der Waals surface area contributed by atoms with Crippen LogP contribution in [0.1, 0.15) is 17.2 Å². The molecule has 0 aliphatic rings. The Morgan fingerprint density at radius 1 is 1.04 bits per heavy atom. The van der Waals surface area contributed by atoms with E-state index in [1.807, 2.05) is 37.3 Å².